The van der Waals surface area contributed by atoms with Crippen molar-refractivity contribution in [3.8, 4) is 0 Å². The number of alkyl halides is 3. The molecule has 1 aromatic carbocycles. The first kappa shape index (κ1) is 26.3. The van der Waals surface area contributed by atoms with E-state index < -0.39 is 37.1 Å². The van der Waals surface area contributed by atoms with E-state index in [2.05, 4.69) is 13.8 Å². The van der Waals surface area contributed by atoms with Crippen LogP contribution in [0, 0.1) is 29.3 Å². The van der Waals surface area contributed by atoms with E-state index in [9.17, 15) is 26.3 Å². The highest BCUT2D eigenvalue weighted by Crippen LogP contribution is 2.44. The number of halogens is 6. The molecule has 0 radical (unpaired) electrons. The Bertz CT molecular complexity index is 629. The third-order valence-electron chi connectivity index (χ3n) is 5.43. The molecule has 0 N–H and O–H groups in total. The molecule has 168 valence electrons. The van der Waals surface area contributed by atoms with Crippen molar-refractivity contribution in [2.24, 2.45) is 11.8 Å². The van der Waals surface area contributed by atoms with Crippen LogP contribution in [0.2, 0.25) is 0 Å². The van der Waals surface area contributed by atoms with E-state index >= 15 is 0 Å². The molecule has 0 aliphatic carbocycles. The van der Waals surface area contributed by atoms with E-state index in [0.717, 1.165) is 44.9 Å². The van der Waals surface area contributed by atoms with Gasteiger partial charge in [0.25, 0.3) is 0 Å². The van der Waals surface area contributed by atoms with E-state index in [1.807, 2.05) is 13.8 Å². The van der Waals surface area contributed by atoms with Gasteiger partial charge in [0.05, 0.1) is 0 Å². The van der Waals surface area contributed by atoms with Crippen molar-refractivity contribution in [3.05, 3.63) is 29.1 Å². The molecular formula is C22H33F6P. The molecule has 0 bridgehead atoms. The summed E-state index contributed by atoms with van der Waals surface area (Å²) in [5.74, 6) is -4.81. The molecule has 0 nitrogen and oxygen atoms in total. The highest BCUT2D eigenvalue weighted by atomic mass is 31.1. The summed E-state index contributed by atoms with van der Waals surface area (Å²) in [6.45, 7) is 8.16. The molecule has 0 saturated carbocycles. The van der Waals surface area contributed by atoms with Gasteiger partial charge in [-0.3, -0.25) is 0 Å². The van der Waals surface area contributed by atoms with Crippen LogP contribution in [-0.2, 0) is 6.18 Å². The first-order chi connectivity index (χ1) is 13.6. The fraction of sp³-hybridized carbons (Fsp3) is 0.727. The first-order valence-electron chi connectivity index (χ1n) is 10.6. The highest BCUT2D eigenvalue weighted by Gasteiger charge is 2.41. The maximum absolute atomic E-state index is 14.8. The van der Waals surface area contributed by atoms with Gasteiger partial charge in [-0.05, 0) is 36.6 Å². The third-order valence-corrected chi connectivity index (χ3v) is 8.29. The first-order valence-corrected chi connectivity index (χ1v) is 12.3. The largest absolute Gasteiger partial charge is 0.422 e. The Morgan fingerprint density at radius 3 is 2.10 bits per heavy atom. The minimum absolute atomic E-state index is 0.184. The average molecular weight is 442 g/mol. The van der Waals surface area contributed by atoms with Gasteiger partial charge >= 0.3 is 6.18 Å². The van der Waals surface area contributed by atoms with Gasteiger partial charge in [0.1, 0.15) is 11.4 Å². The number of benzene rings is 1. The summed E-state index contributed by atoms with van der Waals surface area (Å²) in [7, 11) is -1.35. The second-order valence-electron chi connectivity index (χ2n) is 7.92. The number of hydrogen-bond acceptors (Lipinski definition) is 0. The third kappa shape index (κ3) is 7.77. The van der Waals surface area contributed by atoms with Gasteiger partial charge in [0, 0.05) is 5.30 Å². The van der Waals surface area contributed by atoms with Crippen LogP contribution in [0.3, 0.4) is 0 Å². The number of rotatable bonds is 12. The Balaban J connectivity index is 3.26. The van der Waals surface area contributed by atoms with Crippen molar-refractivity contribution in [2.45, 2.75) is 78.8 Å². The van der Waals surface area contributed by atoms with Crippen LogP contribution in [0.5, 0.6) is 0 Å². The van der Waals surface area contributed by atoms with E-state index in [1.54, 1.807) is 0 Å². The number of hydrogen-bond donors (Lipinski definition) is 0. The molecule has 3 unspecified atom stereocenters. The van der Waals surface area contributed by atoms with Gasteiger partial charge in [-0.1, -0.05) is 74.1 Å². The van der Waals surface area contributed by atoms with E-state index in [4.69, 9.17) is 0 Å². The van der Waals surface area contributed by atoms with E-state index in [0.29, 0.717) is 24.3 Å². The zero-order valence-corrected chi connectivity index (χ0v) is 18.7. The standard InChI is InChI=1S/C22H33F6P/c1-5-8-10-16(7-3)11-12-29(14-15(4)9-6-2)18-13-17(23)20(24)19(21(18)25)22(26,27)28/h13,15-16H,5-12,14H2,1-4H3. The minimum atomic E-state index is -5.27. The lowest BCUT2D eigenvalue weighted by Gasteiger charge is -2.26. The predicted octanol–water partition coefficient (Wildman–Crippen LogP) is 8.27. The van der Waals surface area contributed by atoms with Crippen molar-refractivity contribution in [3.63, 3.8) is 0 Å². The summed E-state index contributed by atoms with van der Waals surface area (Å²) in [4.78, 5) is 0. The van der Waals surface area contributed by atoms with Crippen molar-refractivity contribution >= 4 is 13.2 Å². The molecule has 0 amide bonds. The van der Waals surface area contributed by atoms with Crippen LogP contribution in [-0.4, -0.2) is 12.3 Å². The lowest BCUT2D eigenvalue weighted by molar-refractivity contribution is -0.142. The van der Waals surface area contributed by atoms with Gasteiger partial charge in [0.15, 0.2) is 11.6 Å². The fourth-order valence-corrected chi connectivity index (χ4v) is 6.64. The summed E-state index contributed by atoms with van der Waals surface area (Å²) >= 11 is 0. The average Bonchev–Trinajstić information content (AvgIpc) is 2.63. The van der Waals surface area contributed by atoms with Crippen molar-refractivity contribution in [1.82, 2.24) is 0 Å². The number of unbranched alkanes of at least 4 members (excludes halogenated alkanes) is 1. The molecule has 1 rings (SSSR count). The maximum atomic E-state index is 14.8. The molecule has 7 heteroatoms. The topological polar surface area (TPSA) is 0 Å². The SMILES string of the molecule is CCCCC(CC)CCP(CC(C)CCC)c1cc(F)c(F)c(C(F)(F)F)c1F. The fourth-order valence-electron chi connectivity index (χ4n) is 3.72. The van der Waals surface area contributed by atoms with Crippen molar-refractivity contribution in [2.75, 3.05) is 12.3 Å². The quantitative estimate of drug-likeness (QED) is 0.174. The Kier molecular flexibility index (Phi) is 11.0. The molecule has 0 spiro atoms. The van der Waals surface area contributed by atoms with Gasteiger partial charge in [-0.25, -0.2) is 13.2 Å². The second kappa shape index (κ2) is 12.2. The van der Waals surface area contributed by atoms with Gasteiger partial charge in [0.2, 0.25) is 0 Å². The Morgan fingerprint density at radius 1 is 0.931 bits per heavy atom. The predicted molar refractivity (Wildman–Crippen MR) is 110 cm³/mol. The maximum Gasteiger partial charge on any atom is 0.422 e. The normalized spacial score (nSPS) is 15.4. The molecule has 3 atom stereocenters. The van der Waals surface area contributed by atoms with Gasteiger partial charge in [-0.15, -0.1) is 0 Å². The van der Waals surface area contributed by atoms with E-state index in [-0.39, 0.29) is 11.2 Å². The van der Waals surface area contributed by atoms with Crippen LogP contribution >= 0.6 is 7.92 Å². The van der Waals surface area contributed by atoms with Gasteiger partial charge < -0.3 is 0 Å². The lowest BCUT2D eigenvalue weighted by atomic mass is 9.97. The Hall–Kier alpha value is -0.770. The van der Waals surface area contributed by atoms with E-state index in [1.165, 1.54) is 0 Å². The van der Waals surface area contributed by atoms with Crippen LogP contribution in [0.4, 0.5) is 26.3 Å². The van der Waals surface area contributed by atoms with Crippen LogP contribution < -0.4 is 5.30 Å². The summed E-state index contributed by atoms with van der Waals surface area (Å²) in [5.41, 5.74) is -2.10. The summed E-state index contributed by atoms with van der Waals surface area (Å²) in [6, 6.07) is 0.664. The molecule has 0 aromatic heterocycles. The van der Waals surface area contributed by atoms with Crippen LogP contribution in [0.25, 0.3) is 0 Å². The zero-order valence-electron chi connectivity index (χ0n) is 17.8. The molecule has 0 fully saturated rings. The molecular weight excluding hydrogens is 409 g/mol. The monoisotopic (exact) mass is 442 g/mol. The lowest BCUT2D eigenvalue weighted by Crippen LogP contribution is -2.23. The highest BCUT2D eigenvalue weighted by molar-refractivity contribution is 7.65. The smallest absolute Gasteiger partial charge is 0.206 e. The van der Waals surface area contributed by atoms with Crippen molar-refractivity contribution < 1.29 is 26.3 Å². The summed E-state index contributed by atoms with van der Waals surface area (Å²) in [5, 5.41) is -0.278. The molecule has 0 heterocycles. The van der Waals surface area contributed by atoms with Crippen molar-refractivity contribution in [1.29, 1.82) is 0 Å². The van der Waals surface area contributed by atoms with Crippen LogP contribution in [0.1, 0.15) is 78.2 Å². The molecule has 0 aliphatic heterocycles. The molecule has 29 heavy (non-hydrogen) atoms. The second-order valence-corrected chi connectivity index (χ2v) is 10.3. The molecule has 0 saturated heterocycles. The van der Waals surface area contributed by atoms with Gasteiger partial charge in [-0.2, -0.15) is 13.2 Å². The Morgan fingerprint density at radius 2 is 1.59 bits per heavy atom. The van der Waals surface area contributed by atoms with Crippen LogP contribution in [0.15, 0.2) is 6.07 Å². The minimum Gasteiger partial charge on any atom is -0.206 e. The summed E-state index contributed by atoms with van der Waals surface area (Å²) < 4.78 is 82.1. The molecule has 0 aliphatic rings. The Labute approximate surface area is 172 Å². The molecule has 1 aromatic rings. The zero-order chi connectivity index (χ0) is 22.2. The summed E-state index contributed by atoms with van der Waals surface area (Å²) in [6.07, 6.45) is 2.42.